The molecule has 4 unspecified atom stereocenters. The lowest BCUT2D eigenvalue weighted by atomic mass is 10.2. The molecule has 1 aliphatic rings. The smallest absolute Gasteiger partial charge is 0.259 e. The Morgan fingerprint density at radius 2 is 1.88 bits per heavy atom. The number of carbonyl (C=O) groups excluding carboxylic acids is 3. The van der Waals surface area contributed by atoms with Crippen LogP contribution in [0.3, 0.4) is 0 Å². The van der Waals surface area contributed by atoms with Crippen molar-refractivity contribution in [3.8, 4) is 6.07 Å². The molecule has 4 atom stereocenters. The Morgan fingerprint density at radius 3 is 2.45 bits per heavy atom. The first kappa shape index (κ1) is 37.6. The van der Waals surface area contributed by atoms with E-state index < -0.39 is 32.9 Å². The van der Waals surface area contributed by atoms with Crippen LogP contribution in [-0.2, 0) is 28.2 Å². The highest BCUT2D eigenvalue weighted by atomic mass is 31.2. The third-order valence-corrected chi connectivity index (χ3v) is 8.48. The number of nitrogens with two attached hydrogens (primary N) is 1. The van der Waals surface area contributed by atoms with E-state index in [-0.39, 0.29) is 49.6 Å². The summed E-state index contributed by atoms with van der Waals surface area (Å²) < 4.78 is 20.3. The van der Waals surface area contributed by atoms with Gasteiger partial charge in [0.05, 0.1) is 37.4 Å². The lowest BCUT2D eigenvalue weighted by molar-refractivity contribution is -0.128. The van der Waals surface area contributed by atoms with E-state index in [1.807, 2.05) is 27.7 Å². The molecule has 238 valence electrons. The van der Waals surface area contributed by atoms with Crippen LogP contribution < -0.4 is 16.4 Å². The molecule has 0 radical (unpaired) electrons. The maximum atomic E-state index is 12.5. The van der Waals surface area contributed by atoms with Crippen LogP contribution in [0, 0.1) is 11.3 Å². The van der Waals surface area contributed by atoms with E-state index >= 15 is 0 Å². The molecule has 0 aliphatic carbocycles. The maximum absolute atomic E-state index is 12.5. The molecule has 5 N–H and O–H groups in total. The molecule has 14 heteroatoms. The number of aliphatic hydroxyl groups is 1. The second kappa shape index (κ2) is 21.3. The summed E-state index contributed by atoms with van der Waals surface area (Å²) in [6.07, 6.45) is 6.28. The average molecular weight is 613 g/mol. The number of hydrogen-bond donors (Lipinski definition) is 4. The maximum Gasteiger partial charge on any atom is 0.259 e. The summed E-state index contributed by atoms with van der Waals surface area (Å²) in [6, 6.07) is 2.21. The molecule has 1 heterocycles. The molecule has 1 aliphatic heterocycles. The van der Waals surface area contributed by atoms with Gasteiger partial charge < -0.3 is 35.3 Å². The van der Waals surface area contributed by atoms with Crippen LogP contribution in [-0.4, -0.2) is 96.8 Å². The summed E-state index contributed by atoms with van der Waals surface area (Å²) in [5.74, 6) is -0.868. The predicted octanol–water partition coefficient (Wildman–Crippen LogP) is 2.03. The summed E-state index contributed by atoms with van der Waals surface area (Å²) in [4.78, 5) is 38.1. The quantitative estimate of drug-likeness (QED) is 0.0493. The minimum Gasteiger partial charge on any atom is -0.394 e. The van der Waals surface area contributed by atoms with Crippen molar-refractivity contribution in [2.75, 3.05) is 33.4 Å². The fraction of sp³-hybridized carbons (Fsp3) is 0.714. The molecule has 0 saturated carbocycles. The molecule has 1 fully saturated rings. The standard InChI is InChI=1S/C28H49N6O7P/c1-21(2)34(22(3)4)42(39-16-10-14-30)41-24-17-27(40-25(24)19-35)33(20-36)18-23(28(38)31-5)11-12-26(37)32-15-9-7-6-8-13-29/h11-12,18,20-22,24-25,27,35H,6-10,13,15-17,19,29H2,1-5H3,(H,31,38)(H,32,37)/b12-11+,23-18-. The highest BCUT2D eigenvalue weighted by Crippen LogP contribution is 2.49. The number of nitrogens with zero attached hydrogens (tertiary/aromatic N) is 3. The molecule has 0 aromatic carbocycles. The molecule has 0 bridgehead atoms. The van der Waals surface area contributed by atoms with Gasteiger partial charge in [0.25, 0.3) is 14.4 Å². The monoisotopic (exact) mass is 612 g/mol. The van der Waals surface area contributed by atoms with Crippen LogP contribution in [0.5, 0.6) is 0 Å². The molecule has 1 saturated heterocycles. The summed E-state index contributed by atoms with van der Waals surface area (Å²) >= 11 is 0. The lowest BCUT2D eigenvalue weighted by Gasteiger charge is -2.37. The molecular formula is C28H49N6O7P. The number of nitrogens with one attached hydrogen (secondary N) is 2. The Labute approximate surface area is 251 Å². The number of unbranched alkanes of at least 4 members (excludes halogenated alkanes) is 3. The van der Waals surface area contributed by atoms with Crippen molar-refractivity contribution in [1.82, 2.24) is 20.2 Å². The van der Waals surface area contributed by atoms with Gasteiger partial charge in [-0.25, -0.2) is 4.67 Å². The molecule has 0 aromatic heterocycles. The number of aliphatic hydroxyl groups excluding tert-OH is 1. The SMILES string of the molecule is CNC(=O)C(=C\N(C=O)C1CC(OP(OCCC#N)N(C(C)C)C(C)C)C(CO)O1)/C=C/C(=O)NCCCCCCN. The fourth-order valence-corrected chi connectivity index (χ4v) is 6.05. The van der Waals surface area contributed by atoms with Crippen molar-refractivity contribution >= 4 is 26.8 Å². The number of nitriles is 1. The molecular weight excluding hydrogens is 563 g/mol. The van der Waals surface area contributed by atoms with E-state index in [1.165, 1.54) is 30.3 Å². The van der Waals surface area contributed by atoms with Gasteiger partial charge in [-0.3, -0.25) is 19.3 Å². The van der Waals surface area contributed by atoms with Crippen LogP contribution in [0.25, 0.3) is 0 Å². The zero-order chi connectivity index (χ0) is 31.5. The van der Waals surface area contributed by atoms with Crippen LogP contribution in [0.4, 0.5) is 0 Å². The van der Waals surface area contributed by atoms with Gasteiger partial charge in [-0.05, 0) is 53.2 Å². The van der Waals surface area contributed by atoms with Gasteiger partial charge in [-0.15, -0.1) is 0 Å². The minimum atomic E-state index is -1.61. The first-order chi connectivity index (χ1) is 20.1. The first-order valence-electron chi connectivity index (χ1n) is 14.5. The van der Waals surface area contributed by atoms with E-state index in [4.69, 9.17) is 24.8 Å². The summed E-state index contributed by atoms with van der Waals surface area (Å²) in [5.41, 5.74) is 5.55. The number of ether oxygens (including phenoxy) is 1. The number of amides is 3. The molecule has 1 rings (SSSR count). The molecule has 0 spiro atoms. The van der Waals surface area contributed by atoms with Gasteiger partial charge in [0, 0.05) is 44.4 Å². The van der Waals surface area contributed by atoms with E-state index in [9.17, 15) is 19.5 Å². The summed E-state index contributed by atoms with van der Waals surface area (Å²) in [7, 11) is -0.167. The van der Waals surface area contributed by atoms with Gasteiger partial charge in [-0.2, -0.15) is 5.26 Å². The van der Waals surface area contributed by atoms with Gasteiger partial charge in [0.2, 0.25) is 12.3 Å². The molecule has 13 nitrogen and oxygen atoms in total. The van der Waals surface area contributed by atoms with E-state index in [0.29, 0.717) is 19.5 Å². The Hall–Kier alpha value is -2.43. The Balaban J connectivity index is 3.04. The van der Waals surface area contributed by atoms with Crippen molar-refractivity contribution in [1.29, 1.82) is 5.26 Å². The third kappa shape index (κ3) is 13.3. The van der Waals surface area contributed by atoms with Crippen LogP contribution in [0.15, 0.2) is 23.9 Å². The van der Waals surface area contributed by atoms with Gasteiger partial charge in [0.1, 0.15) is 12.3 Å². The highest BCUT2D eigenvalue weighted by molar-refractivity contribution is 7.44. The van der Waals surface area contributed by atoms with Crippen molar-refractivity contribution in [3.05, 3.63) is 23.9 Å². The third-order valence-electron chi connectivity index (χ3n) is 6.32. The van der Waals surface area contributed by atoms with Gasteiger partial charge in [0.15, 0.2) is 0 Å². The molecule has 42 heavy (non-hydrogen) atoms. The topological polar surface area (TPSA) is 179 Å². The number of hydrogen-bond acceptors (Lipinski definition) is 10. The van der Waals surface area contributed by atoms with Crippen molar-refractivity contribution < 1.29 is 33.3 Å². The van der Waals surface area contributed by atoms with Crippen molar-refractivity contribution in [3.63, 3.8) is 0 Å². The zero-order valence-electron chi connectivity index (χ0n) is 25.5. The van der Waals surface area contributed by atoms with E-state index in [0.717, 1.165) is 25.7 Å². The highest BCUT2D eigenvalue weighted by Gasteiger charge is 2.42. The van der Waals surface area contributed by atoms with Crippen molar-refractivity contribution in [2.24, 2.45) is 5.73 Å². The Morgan fingerprint density at radius 1 is 1.19 bits per heavy atom. The van der Waals surface area contributed by atoms with Crippen LogP contribution in [0.2, 0.25) is 0 Å². The second-order valence-electron chi connectivity index (χ2n) is 10.3. The molecule has 3 amide bonds. The van der Waals surface area contributed by atoms with Crippen LogP contribution in [0.1, 0.15) is 66.2 Å². The van der Waals surface area contributed by atoms with Crippen molar-refractivity contribution in [2.45, 2.75) is 96.7 Å². The summed E-state index contributed by atoms with van der Waals surface area (Å²) in [5, 5.41) is 24.3. The van der Waals surface area contributed by atoms with Crippen LogP contribution >= 0.6 is 8.53 Å². The van der Waals surface area contributed by atoms with E-state index in [2.05, 4.69) is 21.4 Å². The Bertz CT molecular complexity index is 919. The normalized spacial score (nSPS) is 19.8. The second-order valence-corrected chi connectivity index (χ2v) is 11.7. The lowest BCUT2D eigenvalue weighted by Crippen LogP contribution is -2.36. The summed E-state index contributed by atoms with van der Waals surface area (Å²) in [6.45, 7) is 9.03. The number of rotatable bonds is 21. The average Bonchev–Trinajstić information content (AvgIpc) is 3.36. The zero-order valence-corrected chi connectivity index (χ0v) is 26.4. The van der Waals surface area contributed by atoms with Gasteiger partial charge in [-0.1, -0.05) is 12.8 Å². The largest absolute Gasteiger partial charge is 0.394 e. The predicted molar refractivity (Wildman–Crippen MR) is 160 cm³/mol. The Kier molecular flexibility index (Phi) is 19.1. The van der Waals surface area contributed by atoms with Gasteiger partial charge >= 0.3 is 0 Å². The molecule has 0 aromatic rings. The fourth-order valence-electron chi connectivity index (χ4n) is 4.29. The minimum absolute atomic E-state index is 0.0593. The number of carbonyl (C=O) groups is 3. The first-order valence-corrected chi connectivity index (χ1v) is 15.6. The number of likely N-dealkylation sites (N-methyl/N-ethyl adjacent to an activating group) is 1. The van der Waals surface area contributed by atoms with E-state index in [1.54, 1.807) is 0 Å².